The van der Waals surface area contributed by atoms with E-state index in [4.69, 9.17) is 0 Å². The number of nitrogens with one attached hydrogen (secondary N) is 1. The number of hydrogen-bond acceptors (Lipinski definition) is 2. The maximum absolute atomic E-state index is 9.24. The molecule has 1 heterocycles. The molecule has 1 aliphatic heterocycles. The topological polar surface area (TPSA) is 35.8 Å². The Morgan fingerprint density at radius 2 is 1.59 bits per heavy atom. The van der Waals surface area contributed by atoms with Crippen molar-refractivity contribution in [3.05, 3.63) is 59.7 Å². The monoisotopic (exact) mass is 218 g/mol. The van der Waals surface area contributed by atoms with Crippen molar-refractivity contribution in [1.29, 1.82) is 5.26 Å². The van der Waals surface area contributed by atoms with Crippen LogP contribution in [0.4, 0.5) is 11.4 Å². The van der Waals surface area contributed by atoms with Crippen LogP contribution >= 0.6 is 0 Å². The second-order valence-electron chi connectivity index (χ2n) is 3.93. The molecule has 0 fully saturated rings. The zero-order chi connectivity index (χ0) is 11.7. The van der Waals surface area contributed by atoms with Crippen LogP contribution in [0.25, 0.3) is 11.6 Å². The van der Waals surface area contributed by atoms with Crippen LogP contribution in [0.5, 0.6) is 0 Å². The lowest BCUT2D eigenvalue weighted by Crippen LogP contribution is -1.93. The van der Waals surface area contributed by atoms with Crippen molar-refractivity contribution in [1.82, 2.24) is 0 Å². The van der Waals surface area contributed by atoms with E-state index in [1.807, 2.05) is 54.6 Å². The standard InChI is InChI=1S/C15H10N2/c16-10-12-9-11-5-1-3-7-14(11)17-15-8-4-2-6-13(12)15/h1-9,17H. The molecule has 0 spiro atoms. The van der Waals surface area contributed by atoms with Gasteiger partial charge in [-0.05, 0) is 23.8 Å². The smallest absolute Gasteiger partial charge is 0.0998 e. The molecular formula is C15H10N2. The number of hydrogen-bond donors (Lipinski definition) is 1. The van der Waals surface area contributed by atoms with Gasteiger partial charge < -0.3 is 5.32 Å². The number of benzene rings is 2. The highest BCUT2D eigenvalue weighted by Crippen LogP contribution is 2.33. The Hall–Kier alpha value is -2.53. The van der Waals surface area contributed by atoms with E-state index < -0.39 is 0 Å². The fourth-order valence-electron chi connectivity index (χ4n) is 2.03. The van der Waals surface area contributed by atoms with Crippen LogP contribution in [0.15, 0.2) is 48.5 Å². The summed E-state index contributed by atoms with van der Waals surface area (Å²) in [6, 6.07) is 18.1. The first-order chi connectivity index (χ1) is 8.38. The molecule has 1 aliphatic rings. The summed E-state index contributed by atoms with van der Waals surface area (Å²) in [5.74, 6) is 0. The Balaban J connectivity index is 2.29. The van der Waals surface area contributed by atoms with Crippen LogP contribution in [0.1, 0.15) is 11.1 Å². The van der Waals surface area contributed by atoms with Gasteiger partial charge >= 0.3 is 0 Å². The number of rotatable bonds is 0. The van der Waals surface area contributed by atoms with Crippen molar-refractivity contribution in [2.24, 2.45) is 0 Å². The third-order valence-electron chi connectivity index (χ3n) is 2.87. The number of para-hydroxylation sites is 2. The van der Waals surface area contributed by atoms with E-state index in [1.54, 1.807) is 0 Å². The molecule has 0 radical (unpaired) electrons. The van der Waals surface area contributed by atoms with Gasteiger partial charge in [0.15, 0.2) is 0 Å². The van der Waals surface area contributed by atoms with E-state index in [2.05, 4.69) is 11.4 Å². The van der Waals surface area contributed by atoms with E-state index in [-0.39, 0.29) is 0 Å². The molecule has 17 heavy (non-hydrogen) atoms. The van der Waals surface area contributed by atoms with Gasteiger partial charge in [-0.25, -0.2) is 0 Å². The normalized spacial score (nSPS) is 12.3. The van der Waals surface area contributed by atoms with Crippen LogP contribution in [-0.2, 0) is 0 Å². The fraction of sp³-hybridized carbons (Fsp3) is 0. The molecule has 0 bridgehead atoms. The van der Waals surface area contributed by atoms with Gasteiger partial charge in [-0.1, -0.05) is 36.4 Å². The molecule has 80 valence electrons. The molecule has 1 N–H and O–H groups in total. The van der Waals surface area contributed by atoms with E-state index in [1.165, 1.54) is 0 Å². The van der Waals surface area contributed by atoms with Gasteiger partial charge in [-0.2, -0.15) is 5.26 Å². The largest absolute Gasteiger partial charge is 0.355 e. The number of nitriles is 1. The zero-order valence-corrected chi connectivity index (χ0v) is 9.14. The van der Waals surface area contributed by atoms with Crippen molar-refractivity contribution in [2.45, 2.75) is 0 Å². The van der Waals surface area contributed by atoms with E-state index in [0.717, 1.165) is 22.5 Å². The van der Waals surface area contributed by atoms with Crippen LogP contribution in [0.2, 0.25) is 0 Å². The van der Waals surface area contributed by atoms with Gasteiger partial charge in [-0.3, -0.25) is 0 Å². The molecule has 3 rings (SSSR count). The minimum Gasteiger partial charge on any atom is -0.355 e. The maximum Gasteiger partial charge on any atom is 0.0998 e. The first kappa shape index (κ1) is 9.68. The van der Waals surface area contributed by atoms with Gasteiger partial charge in [-0.15, -0.1) is 0 Å². The predicted molar refractivity (Wildman–Crippen MR) is 69.7 cm³/mol. The van der Waals surface area contributed by atoms with Gasteiger partial charge in [0.25, 0.3) is 0 Å². The predicted octanol–water partition coefficient (Wildman–Crippen LogP) is 3.81. The SMILES string of the molecule is N#CC1=Cc2ccccc2Nc2ccccc21. The average Bonchev–Trinajstić information content (AvgIpc) is 2.54. The molecule has 0 saturated heterocycles. The maximum atomic E-state index is 9.24. The molecule has 0 atom stereocenters. The Bertz CT molecular complexity index is 648. The van der Waals surface area contributed by atoms with Crippen molar-refractivity contribution in [3.63, 3.8) is 0 Å². The van der Waals surface area contributed by atoms with Crippen molar-refractivity contribution in [2.75, 3.05) is 5.32 Å². The second-order valence-corrected chi connectivity index (χ2v) is 3.93. The first-order valence-corrected chi connectivity index (χ1v) is 5.46. The Morgan fingerprint density at radius 3 is 2.41 bits per heavy atom. The quantitative estimate of drug-likeness (QED) is 0.729. The van der Waals surface area contributed by atoms with Crippen molar-refractivity contribution < 1.29 is 0 Å². The van der Waals surface area contributed by atoms with Gasteiger partial charge in [0.1, 0.15) is 0 Å². The summed E-state index contributed by atoms with van der Waals surface area (Å²) in [6.07, 6.45) is 1.92. The summed E-state index contributed by atoms with van der Waals surface area (Å²) in [5, 5.41) is 12.6. The third kappa shape index (κ3) is 1.58. The lowest BCUT2D eigenvalue weighted by Gasteiger charge is -2.09. The molecule has 2 nitrogen and oxygen atoms in total. The lowest BCUT2D eigenvalue weighted by atomic mass is 10.0. The highest BCUT2D eigenvalue weighted by Gasteiger charge is 2.13. The number of allylic oxidation sites excluding steroid dienone is 1. The van der Waals surface area contributed by atoms with Crippen molar-refractivity contribution >= 4 is 23.0 Å². The molecule has 2 aromatic carbocycles. The van der Waals surface area contributed by atoms with E-state index in [9.17, 15) is 5.26 Å². The summed E-state index contributed by atoms with van der Waals surface area (Å²) in [7, 11) is 0. The number of fused-ring (bicyclic) bond motifs is 2. The molecule has 0 unspecified atom stereocenters. The highest BCUT2D eigenvalue weighted by atomic mass is 14.9. The average molecular weight is 218 g/mol. The molecule has 2 heteroatoms. The van der Waals surface area contributed by atoms with E-state index in [0.29, 0.717) is 5.57 Å². The highest BCUT2D eigenvalue weighted by molar-refractivity contribution is 5.99. The lowest BCUT2D eigenvalue weighted by molar-refractivity contribution is 1.51. The van der Waals surface area contributed by atoms with Gasteiger partial charge in [0.05, 0.1) is 11.6 Å². The van der Waals surface area contributed by atoms with E-state index >= 15 is 0 Å². The summed E-state index contributed by atoms with van der Waals surface area (Å²) in [4.78, 5) is 0. The third-order valence-corrected chi connectivity index (χ3v) is 2.87. The molecule has 0 aromatic heterocycles. The minimum atomic E-state index is 0.693. The summed E-state index contributed by atoms with van der Waals surface area (Å²) in [6.45, 7) is 0. The zero-order valence-electron chi connectivity index (χ0n) is 9.14. The Kier molecular flexibility index (Phi) is 2.16. The molecular weight excluding hydrogens is 208 g/mol. The van der Waals surface area contributed by atoms with Crippen LogP contribution in [0.3, 0.4) is 0 Å². The Morgan fingerprint density at radius 1 is 0.882 bits per heavy atom. The molecule has 2 aromatic rings. The first-order valence-electron chi connectivity index (χ1n) is 5.46. The summed E-state index contributed by atoms with van der Waals surface area (Å²) < 4.78 is 0. The van der Waals surface area contributed by atoms with Crippen LogP contribution < -0.4 is 5.32 Å². The van der Waals surface area contributed by atoms with Crippen LogP contribution in [0, 0.1) is 11.3 Å². The number of nitrogens with zero attached hydrogens (tertiary/aromatic N) is 1. The molecule has 0 amide bonds. The minimum absolute atomic E-state index is 0.693. The van der Waals surface area contributed by atoms with Crippen molar-refractivity contribution in [3.8, 4) is 6.07 Å². The summed E-state index contributed by atoms with van der Waals surface area (Å²) >= 11 is 0. The van der Waals surface area contributed by atoms with Gasteiger partial charge in [0.2, 0.25) is 0 Å². The summed E-state index contributed by atoms with van der Waals surface area (Å²) in [5.41, 5.74) is 4.69. The number of anilines is 2. The second kappa shape index (κ2) is 3.80. The molecule has 0 aliphatic carbocycles. The molecule has 0 saturated carbocycles. The Labute approximate surface area is 99.8 Å². The van der Waals surface area contributed by atoms with Crippen LogP contribution in [-0.4, -0.2) is 0 Å². The fourth-order valence-corrected chi connectivity index (χ4v) is 2.03. The van der Waals surface area contributed by atoms with Gasteiger partial charge in [0, 0.05) is 16.9 Å².